The number of hydrogen-bond donors (Lipinski definition) is 4. The third kappa shape index (κ3) is 2.60. The normalized spacial score (nSPS) is 10.2. The number of anilines is 2. The Morgan fingerprint density at radius 2 is 1.79 bits per heavy atom. The molecule has 0 fully saturated rings. The number of rotatable bonds is 2. The van der Waals surface area contributed by atoms with Crippen LogP contribution in [0.5, 0.6) is 11.5 Å². The van der Waals surface area contributed by atoms with Gasteiger partial charge in [0.15, 0.2) is 0 Å². The topological polar surface area (TPSA) is 95.6 Å². The molecule has 0 saturated heterocycles. The molecule has 5 heteroatoms. The number of aryl methyl sites for hydroxylation is 1. The van der Waals surface area contributed by atoms with Crippen LogP contribution in [0, 0.1) is 6.92 Å². The summed E-state index contributed by atoms with van der Waals surface area (Å²) in [5.74, 6) is -1.13. The van der Waals surface area contributed by atoms with Gasteiger partial charge in [0.2, 0.25) is 0 Å². The number of hydrogen-bond acceptors (Lipinski definition) is 4. The van der Waals surface area contributed by atoms with E-state index in [0.717, 1.165) is 5.56 Å². The summed E-state index contributed by atoms with van der Waals surface area (Å²) in [6.45, 7) is 1.80. The highest BCUT2D eigenvalue weighted by atomic mass is 16.3. The van der Waals surface area contributed by atoms with Gasteiger partial charge in [0.25, 0.3) is 5.91 Å². The van der Waals surface area contributed by atoms with E-state index in [-0.39, 0.29) is 17.1 Å². The number of nitrogen functional groups attached to an aromatic ring is 1. The van der Waals surface area contributed by atoms with Crippen LogP contribution in [0.1, 0.15) is 15.9 Å². The molecule has 0 aliphatic carbocycles. The molecule has 2 aromatic rings. The predicted molar refractivity (Wildman–Crippen MR) is 73.3 cm³/mol. The van der Waals surface area contributed by atoms with Gasteiger partial charge in [-0.1, -0.05) is 6.07 Å². The Bertz CT molecular complexity index is 618. The van der Waals surface area contributed by atoms with E-state index >= 15 is 0 Å². The van der Waals surface area contributed by atoms with Gasteiger partial charge in [-0.3, -0.25) is 4.79 Å². The Labute approximate surface area is 110 Å². The number of aromatic hydroxyl groups is 2. The van der Waals surface area contributed by atoms with Crippen molar-refractivity contribution in [3.63, 3.8) is 0 Å². The average molecular weight is 258 g/mol. The minimum atomic E-state index is -0.580. The zero-order valence-electron chi connectivity index (χ0n) is 10.3. The summed E-state index contributed by atoms with van der Waals surface area (Å²) in [5, 5.41) is 21.8. The Hall–Kier alpha value is -2.69. The molecule has 19 heavy (non-hydrogen) atoms. The Kier molecular flexibility index (Phi) is 3.29. The van der Waals surface area contributed by atoms with Crippen molar-refractivity contribution >= 4 is 17.3 Å². The second kappa shape index (κ2) is 4.89. The first-order valence-electron chi connectivity index (χ1n) is 5.67. The smallest absolute Gasteiger partial charge is 0.263 e. The minimum Gasteiger partial charge on any atom is -0.507 e. The predicted octanol–water partition coefficient (Wildman–Crippen LogP) is 2.24. The summed E-state index contributed by atoms with van der Waals surface area (Å²) in [4.78, 5) is 12.0. The van der Waals surface area contributed by atoms with Crippen molar-refractivity contribution in [3.05, 3.63) is 47.5 Å². The molecule has 5 nitrogen and oxygen atoms in total. The highest BCUT2D eigenvalue weighted by Crippen LogP contribution is 2.28. The van der Waals surface area contributed by atoms with Crippen molar-refractivity contribution in [1.29, 1.82) is 0 Å². The quantitative estimate of drug-likeness (QED) is 0.621. The van der Waals surface area contributed by atoms with E-state index in [4.69, 9.17) is 5.73 Å². The fourth-order valence-corrected chi connectivity index (χ4v) is 1.77. The van der Waals surface area contributed by atoms with Crippen LogP contribution in [-0.2, 0) is 0 Å². The highest BCUT2D eigenvalue weighted by molar-refractivity contribution is 6.08. The van der Waals surface area contributed by atoms with E-state index < -0.39 is 5.91 Å². The van der Waals surface area contributed by atoms with Gasteiger partial charge >= 0.3 is 0 Å². The number of phenols is 2. The molecule has 0 aliphatic heterocycles. The lowest BCUT2D eigenvalue weighted by molar-refractivity contribution is 0.102. The zero-order chi connectivity index (χ0) is 14.0. The molecular weight excluding hydrogens is 244 g/mol. The van der Waals surface area contributed by atoms with Crippen molar-refractivity contribution in [2.45, 2.75) is 6.92 Å². The van der Waals surface area contributed by atoms with Crippen molar-refractivity contribution in [2.24, 2.45) is 0 Å². The third-order valence-electron chi connectivity index (χ3n) is 2.75. The van der Waals surface area contributed by atoms with Crippen molar-refractivity contribution in [2.75, 3.05) is 11.1 Å². The largest absolute Gasteiger partial charge is 0.507 e. The van der Waals surface area contributed by atoms with Crippen LogP contribution in [0.15, 0.2) is 36.4 Å². The molecule has 0 heterocycles. The molecule has 5 N–H and O–H groups in total. The molecule has 0 saturated carbocycles. The van der Waals surface area contributed by atoms with Gasteiger partial charge in [0, 0.05) is 11.4 Å². The highest BCUT2D eigenvalue weighted by Gasteiger charge is 2.16. The van der Waals surface area contributed by atoms with E-state index in [2.05, 4.69) is 5.32 Å². The zero-order valence-corrected chi connectivity index (χ0v) is 10.3. The lowest BCUT2D eigenvalue weighted by Crippen LogP contribution is -2.13. The van der Waals surface area contributed by atoms with Gasteiger partial charge in [-0.25, -0.2) is 0 Å². The van der Waals surface area contributed by atoms with Crippen LogP contribution in [0.25, 0.3) is 0 Å². The molecule has 0 aliphatic rings. The monoisotopic (exact) mass is 258 g/mol. The van der Waals surface area contributed by atoms with E-state index in [1.807, 2.05) is 0 Å². The molecule has 0 spiro atoms. The third-order valence-corrected chi connectivity index (χ3v) is 2.75. The summed E-state index contributed by atoms with van der Waals surface area (Å²) >= 11 is 0. The minimum absolute atomic E-state index is 0.154. The molecule has 0 unspecified atom stereocenters. The van der Waals surface area contributed by atoms with Crippen LogP contribution in [0.3, 0.4) is 0 Å². The van der Waals surface area contributed by atoms with Gasteiger partial charge in [0.1, 0.15) is 17.1 Å². The van der Waals surface area contributed by atoms with Gasteiger partial charge in [-0.2, -0.15) is 0 Å². The molecule has 1 amide bonds. The van der Waals surface area contributed by atoms with Crippen LogP contribution < -0.4 is 11.1 Å². The van der Waals surface area contributed by atoms with E-state index in [0.29, 0.717) is 11.4 Å². The van der Waals surface area contributed by atoms with Gasteiger partial charge < -0.3 is 21.3 Å². The molecule has 2 rings (SSSR count). The lowest BCUT2D eigenvalue weighted by Gasteiger charge is -2.11. The fraction of sp³-hybridized carbons (Fsp3) is 0.0714. The summed E-state index contributed by atoms with van der Waals surface area (Å²) < 4.78 is 0. The van der Waals surface area contributed by atoms with Gasteiger partial charge in [-0.05, 0) is 42.8 Å². The average Bonchev–Trinajstić information content (AvgIpc) is 2.32. The van der Waals surface area contributed by atoms with E-state index in [1.54, 1.807) is 25.1 Å². The SMILES string of the molecule is Cc1cc(N)ccc1NC(=O)c1c(O)cccc1O. The first-order chi connectivity index (χ1) is 8.99. The van der Waals surface area contributed by atoms with Crippen LogP contribution in [-0.4, -0.2) is 16.1 Å². The molecular formula is C14H14N2O3. The molecule has 2 aromatic carbocycles. The number of carbonyl (C=O) groups excluding carboxylic acids is 1. The fourth-order valence-electron chi connectivity index (χ4n) is 1.77. The summed E-state index contributed by atoms with van der Waals surface area (Å²) in [6, 6.07) is 9.18. The summed E-state index contributed by atoms with van der Waals surface area (Å²) in [5.41, 5.74) is 7.43. The van der Waals surface area contributed by atoms with Gasteiger partial charge in [-0.15, -0.1) is 0 Å². The molecule has 98 valence electrons. The standard InChI is InChI=1S/C14H14N2O3/c1-8-7-9(15)5-6-10(8)16-14(19)13-11(17)3-2-4-12(13)18/h2-7,17-18H,15H2,1H3,(H,16,19). The number of nitrogens with one attached hydrogen (secondary N) is 1. The van der Waals surface area contributed by atoms with Crippen molar-refractivity contribution < 1.29 is 15.0 Å². The maximum Gasteiger partial charge on any atom is 0.263 e. The maximum absolute atomic E-state index is 12.0. The lowest BCUT2D eigenvalue weighted by atomic mass is 10.1. The second-order valence-corrected chi connectivity index (χ2v) is 4.20. The Morgan fingerprint density at radius 1 is 1.16 bits per heavy atom. The molecule has 0 radical (unpaired) electrons. The Balaban J connectivity index is 2.31. The number of carbonyl (C=O) groups is 1. The van der Waals surface area contributed by atoms with Crippen LogP contribution >= 0.6 is 0 Å². The van der Waals surface area contributed by atoms with E-state index in [9.17, 15) is 15.0 Å². The van der Waals surface area contributed by atoms with Gasteiger partial charge in [0.05, 0.1) is 0 Å². The second-order valence-electron chi connectivity index (χ2n) is 4.20. The molecule has 0 aromatic heterocycles. The summed E-state index contributed by atoms with van der Waals surface area (Å²) in [6.07, 6.45) is 0. The number of benzene rings is 2. The first-order valence-corrected chi connectivity index (χ1v) is 5.67. The first kappa shape index (κ1) is 12.8. The van der Waals surface area contributed by atoms with E-state index in [1.165, 1.54) is 18.2 Å². The Morgan fingerprint density at radius 3 is 2.37 bits per heavy atom. The number of nitrogens with two attached hydrogens (primary N) is 1. The van der Waals surface area contributed by atoms with Crippen molar-refractivity contribution in [3.8, 4) is 11.5 Å². The molecule has 0 bridgehead atoms. The van der Waals surface area contributed by atoms with Crippen molar-refractivity contribution in [1.82, 2.24) is 0 Å². The summed E-state index contributed by atoms with van der Waals surface area (Å²) in [7, 11) is 0. The number of amides is 1. The van der Waals surface area contributed by atoms with Crippen LogP contribution in [0.4, 0.5) is 11.4 Å². The molecule has 0 atom stereocenters. The maximum atomic E-state index is 12.0. The van der Waals surface area contributed by atoms with Crippen LogP contribution in [0.2, 0.25) is 0 Å². The number of phenolic OH excluding ortho intramolecular Hbond substituents is 2.